The van der Waals surface area contributed by atoms with Crippen molar-refractivity contribution in [1.82, 2.24) is 14.9 Å². The van der Waals surface area contributed by atoms with Crippen LogP contribution in [0.4, 0.5) is 5.69 Å². The number of hydrogen-bond donors (Lipinski definition) is 1. The molecule has 0 saturated carbocycles. The van der Waals surface area contributed by atoms with E-state index in [0.717, 1.165) is 21.4 Å². The first-order chi connectivity index (χ1) is 16.9. The molecule has 0 radical (unpaired) electrons. The van der Waals surface area contributed by atoms with Crippen LogP contribution < -0.4 is 14.4 Å². The minimum Gasteiger partial charge on any atom is -0.497 e. The maximum atomic E-state index is 13.4. The molecule has 35 heavy (non-hydrogen) atoms. The van der Waals surface area contributed by atoms with Crippen molar-refractivity contribution >= 4 is 21.6 Å². The maximum absolute atomic E-state index is 13.4. The molecular formula is C26H26N4O4S. The number of nitrogens with zero attached hydrogens (tertiary/aromatic N) is 3. The Labute approximate surface area is 204 Å². The van der Waals surface area contributed by atoms with Crippen LogP contribution in [0, 0.1) is 6.92 Å². The minimum absolute atomic E-state index is 0.0982. The van der Waals surface area contributed by atoms with Gasteiger partial charge in [0.05, 0.1) is 17.7 Å². The fourth-order valence-corrected chi connectivity index (χ4v) is 5.05. The van der Waals surface area contributed by atoms with Gasteiger partial charge in [-0.05, 0) is 48.9 Å². The van der Waals surface area contributed by atoms with E-state index < -0.39 is 15.9 Å². The molecule has 4 aromatic rings. The second kappa shape index (κ2) is 10.4. The third-order valence-electron chi connectivity index (χ3n) is 5.49. The zero-order valence-electron chi connectivity index (χ0n) is 19.5. The number of aromatic nitrogens is 2. The van der Waals surface area contributed by atoms with Gasteiger partial charge in [-0.2, -0.15) is 0 Å². The van der Waals surface area contributed by atoms with E-state index in [0.29, 0.717) is 11.4 Å². The molecule has 0 atom stereocenters. The molecule has 0 spiro atoms. The highest BCUT2D eigenvalue weighted by molar-refractivity contribution is 7.92. The van der Waals surface area contributed by atoms with Crippen LogP contribution in [0.25, 0.3) is 5.69 Å². The van der Waals surface area contributed by atoms with Gasteiger partial charge in [-0.1, -0.05) is 36.4 Å². The number of ether oxygens (including phenoxy) is 1. The molecule has 0 bridgehead atoms. The van der Waals surface area contributed by atoms with E-state index in [1.165, 1.54) is 19.2 Å². The van der Waals surface area contributed by atoms with E-state index in [9.17, 15) is 13.2 Å². The van der Waals surface area contributed by atoms with E-state index in [2.05, 4.69) is 10.3 Å². The van der Waals surface area contributed by atoms with Gasteiger partial charge in [0.15, 0.2) is 0 Å². The fourth-order valence-electron chi connectivity index (χ4n) is 3.61. The molecule has 8 nitrogen and oxygen atoms in total. The third-order valence-corrected chi connectivity index (χ3v) is 7.28. The Hall–Kier alpha value is -4.11. The average Bonchev–Trinajstić information content (AvgIpc) is 3.32. The van der Waals surface area contributed by atoms with Gasteiger partial charge in [0.2, 0.25) is 5.91 Å². The largest absolute Gasteiger partial charge is 0.497 e. The number of amides is 1. The zero-order chi connectivity index (χ0) is 24.8. The lowest BCUT2D eigenvalue weighted by Gasteiger charge is -2.24. The van der Waals surface area contributed by atoms with Crippen molar-refractivity contribution < 1.29 is 17.9 Å². The van der Waals surface area contributed by atoms with Crippen LogP contribution in [-0.4, -0.2) is 37.5 Å². The number of carbonyl (C=O) groups is 1. The first kappa shape index (κ1) is 24.0. The lowest BCUT2D eigenvalue weighted by molar-refractivity contribution is -0.119. The number of aryl methyl sites for hydroxylation is 1. The third kappa shape index (κ3) is 5.52. The molecule has 180 valence electrons. The summed E-state index contributed by atoms with van der Waals surface area (Å²) in [6, 6.07) is 22.4. The number of methoxy groups -OCH3 is 1. The van der Waals surface area contributed by atoms with Crippen molar-refractivity contribution in [2.45, 2.75) is 18.4 Å². The number of carbonyl (C=O) groups excluding carboxylic acids is 1. The predicted molar refractivity (Wildman–Crippen MR) is 134 cm³/mol. The molecule has 4 rings (SSSR count). The van der Waals surface area contributed by atoms with Gasteiger partial charge < -0.3 is 14.6 Å². The molecule has 0 aliphatic rings. The van der Waals surface area contributed by atoms with Crippen molar-refractivity contribution in [3.05, 3.63) is 103 Å². The molecule has 1 amide bonds. The van der Waals surface area contributed by atoms with Crippen LogP contribution in [0.15, 0.2) is 96.2 Å². The highest BCUT2D eigenvalue weighted by atomic mass is 32.2. The monoisotopic (exact) mass is 490 g/mol. The lowest BCUT2D eigenvalue weighted by Crippen LogP contribution is -2.40. The topological polar surface area (TPSA) is 93.5 Å². The summed E-state index contributed by atoms with van der Waals surface area (Å²) in [6.07, 6.45) is 3.62. The fraction of sp³-hybridized carbons (Fsp3) is 0.154. The highest BCUT2D eigenvalue weighted by Crippen LogP contribution is 2.26. The molecule has 1 aromatic heterocycles. The van der Waals surface area contributed by atoms with Crippen molar-refractivity contribution in [2.75, 3.05) is 18.0 Å². The van der Waals surface area contributed by atoms with Crippen molar-refractivity contribution in [3.8, 4) is 11.4 Å². The molecule has 3 aromatic carbocycles. The van der Waals surface area contributed by atoms with E-state index in [1.54, 1.807) is 48.7 Å². The number of rotatable bonds is 9. The summed E-state index contributed by atoms with van der Waals surface area (Å²) in [4.78, 5) is 17.2. The Morgan fingerprint density at radius 1 is 1.03 bits per heavy atom. The molecule has 9 heteroatoms. The van der Waals surface area contributed by atoms with Crippen LogP contribution in [0.1, 0.15) is 11.4 Å². The van der Waals surface area contributed by atoms with Gasteiger partial charge >= 0.3 is 0 Å². The van der Waals surface area contributed by atoms with Gasteiger partial charge in [0, 0.05) is 30.7 Å². The van der Waals surface area contributed by atoms with Crippen LogP contribution >= 0.6 is 0 Å². The summed E-state index contributed by atoms with van der Waals surface area (Å²) in [5.74, 6) is 0.939. The number of nitrogens with one attached hydrogen (secondary N) is 1. The van der Waals surface area contributed by atoms with Crippen molar-refractivity contribution in [2.24, 2.45) is 0 Å². The summed E-state index contributed by atoms with van der Waals surface area (Å²) in [5, 5.41) is 2.82. The van der Waals surface area contributed by atoms with Crippen LogP contribution in [0.5, 0.6) is 5.75 Å². The molecule has 0 aliphatic heterocycles. The van der Waals surface area contributed by atoms with Gasteiger partial charge in [0.25, 0.3) is 10.0 Å². The Morgan fingerprint density at radius 2 is 1.77 bits per heavy atom. The summed E-state index contributed by atoms with van der Waals surface area (Å²) in [5.41, 5.74) is 2.19. The quantitative estimate of drug-likeness (QED) is 0.386. The second-order valence-corrected chi connectivity index (χ2v) is 9.68. The number of imidazole rings is 1. The smallest absolute Gasteiger partial charge is 0.264 e. The van der Waals surface area contributed by atoms with E-state index >= 15 is 0 Å². The number of sulfonamides is 1. The standard InChI is InChI=1S/C26H26N4O4S/c1-20-27-15-16-29(20)22-13-11-21(12-14-22)18-28-26(31)19-30(23-7-6-8-24(17-23)34-2)35(32,33)25-9-4-3-5-10-25/h3-17H,18-19H2,1-2H3,(H,28,31). The molecule has 0 unspecified atom stereocenters. The average molecular weight is 491 g/mol. The second-order valence-electron chi connectivity index (χ2n) is 7.81. The highest BCUT2D eigenvalue weighted by Gasteiger charge is 2.27. The summed E-state index contributed by atoms with van der Waals surface area (Å²) in [6.45, 7) is 1.81. The van der Waals surface area contributed by atoms with Gasteiger partial charge in [0.1, 0.15) is 18.1 Å². The number of anilines is 1. The maximum Gasteiger partial charge on any atom is 0.264 e. The molecule has 0 aliphatic carbocycles. The van der Waals surface area contributed by atoms with Crippen LogP contribution in [0.2, 0.25) is 0 Å². The predicted octanol–water partition coefficient (Wildman–Crippen LogP) is 3.70. The van der Waals surface area contributed by atoms with E-state index in [-0.39, 0.29) is 18.0 Å². The van der Waals surface area contributed by atoms with Crippen LogP contribution in [-0.2, 0) is 21.4 Å². The SMILES string of the molecule is COc1cccc(N(CC(=O)NCc2ccc(-n3ccnc3C)cc2)S(=O)(=O)c2ccccc2)c1. The van der Waals surface area contributed by atoms with Gasteiger partial charge in [-0.15, -0.1) is 0 Å². The zero-order valence-corrected chi connectivity index (χ0v) is 20.3. The van der Waals surface area contributed by atoms with Gasteiger partial charge in [-0.3, -0.25) is 9.10 Å². The lowest BCUT2D eigenvalue weighted by atomic mass is 10.2. The first-order valence-corrected chi connectivity index (χ1v) is 12.4. The van der Waals surface area contributed by atoms with E-state index in [4.69, 9.17) is 4.74 Å². The van der Waals surface area contributed by atoms with E-state index in [1.807, 2.05) is 42.0 Å². The van der Waals surface area contributed by atoms with Gasteiger partial charge in [-0.25, -0.2) is 13.4 Å². The molecular weight excluding hydrogens is 464 g/mol. The summed E-state index contributed by atoms with van der Waals surface area (Å²) < 4.78 is 35.1. The molecule has 0 saturated heterocycles. The van der Waals surface area contributed by atoms with Crippen LogP contribution in [0.3, 0.4) is 0 Å². The summed E-state index contributed by atoms with van der Waals surface area (Å²) in [7, 11) is -2.48. The first-order valence-electron chi connectivity index (χ1n) is 11.0. The normalized spacial score (nSPS) is 11.1. The number of hydrogen-bond acceptors (Lipinski definition) is 5. The Balaban J connectivity index is 1.51. The molecule has 0 fully saturated rings. The van der Waals surface area contributed by atoms with Crippen molar-refractivity contribution in [3.63, 3.8) is 0 Å². The Morgan fingerprint density at radius 3 is 2.43 bits per heavy atom. The number of benzene rings is 3. The Bertz CT molecular complexity index is 1400. The van der Waals surface area contributed by atoms with Crippen molar-refractivity contribution in [1.29, 1.82) is 0 Å². The summed E-state index contributed by atoms with van der Waals surface area (Å²) >= 11 is 0. The Kier molecular flexibility index (Phi) is 7.17. The molecule has 1 N–H and O–H groups in total. The minimum atomic E-state index is -3.98. The molecule has 1 heterocycles.